The molecule has 5 heteroatoms. The summed E-state index contributed by atoms with van der Waals surface area (Å²) in [6, 6.07) is 1.66. The van der Waals surface area contributed by atoms with Crippen LogP contribution in [0.3, 0.4) is 0 Å². The Bertz CT molecular complexity index is 376. The third-order valence-corrected chi connectivity index (χ3v) is 2.47. The van der Waals surface area contributed by atoms with Crippen LogP contribution in [-0.2, 0) is 0 Å². The maximum Gasteiger partial charge on any atom is 0.341 e. The molecule has 0 amide bonds. The normalized spacial score (nSPS) is 15.2. The number of rotatable bonds is 3. The van der Waals surface area contributed by atoms with E-state index in [2.05, 4.69) is 4.98 Å². The molecule has 0 saturated heterocycles. The fraction of sp³-hybridized carbons (Fsp3) is 0.333. The number of aromatic carboxylic acids is 1. The van der Waals surface area contributed by atoms with Gasteiger partial charge in [-0.1, -0.05) is 0 Å². The zero-order chi connectivity index (χ0) is 10.1. The highest BCUT2D eigenvalue weighted by Crippen LogP contribution is 2.29. The number of carbonyl (C=O) groups is 1. The molecule has 1 aromatic rings. The van der Waals surface area contributed by atoms with Gasteiger partial charge in [0.05, 0.1) is 6.10 Å². The second kappa shape index (κ2) is 3.72. The fourth-order valence-corrected chi connectivity index (χ4v) is 1.46. The van der Waals surface area contributed by atoms with Crippen molar-refractivity contribution in [2.24, 2.45) is 0 Å². The molecule has 0 atom stereocenters. The maximum atomic E-state index is 10.8. The van der Waals surface area contributed by atoms with E-state index < -0.39 is 5.97 Å². The highest BCUT2D eigenvalue weighted by Gasteiger charge is 2.26. The lowest BCUT2D eigenvalue weighted by Gasteiger charge is -2.07. The minimum Gasteiger partial charge on any atom is -0.489 e. The molecule has 1 aliphatic rings. The summed E-state index contributed by atoms with van der Waals surface area (Å²) in [5, 5.41) is 8.87. The van der Waals surface area contributed by atoms with E-state index in [-0.39, 0.29) is 11.7 Å². The number of nitrogens with zero attached hydrogens (tertiary/aromatic N) is 1. The zero-order valence-corrected chi connectivity index (χ0v) is 9.39. The molecule has 74 valence electrons. The molecule has 1 fully saturated rings. The Kier molecular flexibility index (Phi) is 2.58. The summed E-state index contributed by atoms with van der Waals surface area (Å²) in [4.78, 5) is 14.7. The molecule has 2 rings (SSSR count). The first-order valence-electron chi connectivity index (χ1n) is 4.22. The first-order chi connectivity index (χ1) is 6.66. The molecule has 0 radical (unpaired) electrons. The molecule has 0 aromatic carbocycles. The lowest BCUT2D eigenvalue weighted by atomic mass is 10.2. The van der Waals surface area contributed by atoms with Crippen molar-refractivity contribution in [3.8, 4) is 5.75 Å². The number of hydrogen-bond acceptors (Lipinski definition) is 3. The predicted molar refractivity (Wildman–Crippen MR) is 57.6 cm³/mol. The highest BCUT2D eigenvalue weighted by atomic mass is 127. The average Bonchev–Trinajstić information content (AvgIpc) is 2.87. The van der Waals surface area contributed by atoms with Crippen molar-refractivity contribution in [2.45, 2.75) is 18.9 Å². The minimum absolute atomic E-state index is 0.136. The number of pyridine rings is 1. The van der Waals surface area contributed by atoms with Gasteiger partial charge in [-0.15, -0.1) is 0 Å². The molecule has 1 aliphatic carbocycles. The van der Waals surface area contributed by atoms with Gasteiger partial charge in [-0.3, -0.25) is 0 Å². The molecule has 1 N–H and O–H groups in total. The van der Waals surface area contributed by atoms with Gasteiger partial charge >= 0.3 is 5.97 Å². The first kappa shape index (κ1) is 9.70. The number of hydrogen-bond donors (Lipinski definition) is 1. The van der Waals surface area contributed by atoms with Crippen molar-refractivity contribution in [3.63, 3.8) is 0 Å². The Hall–Kier alpha value is -0.850. The third-order valence-electron chi connectivity index (χ3n) is 1.88. The summed E-state index contributed by atoms with van der Waals surface area (Å²) in [7, 11) is 0. The quantitative estimate of drug-likeness (QED) is 0.685. The van der Waals surface area contributed by atoms with E-state index in [0.717, 1.165) is 16.5 Å². The van der Waals surface area contributed by atoms with Crippen LogP contribution in [0.15, 0.2) is 12.3 Å². The second-order valence-electron chi connectivity index (χ2n) is 3.13. The monoisotopic (exact) mass is 305 g/mol. The third kappa shape index (κ3) is 2.14. The number of carboxylic acids is 1. The molecule has 4 nitrogen and oxygen atoms in total. The molecule has 1 aromatic heterocycles. The van der Waals surface area contributed by atoms with Gasteiger partial charge < -0.3 is 9.84 Å². The summed E-state index contributed by atoms with van der Waals surface area (Å²) < 4.78 is 6.21. The standard InChI is InChI=1S/C9H8INO3/c10-8-3-7(14-5-1-2-5)6(4-11-8)9(12)13/h3-5H,1-2H2,(H,12,13). The lowest BCUT2D eigenvalue weighted by Crippen LogP contribution is -2.05. The van der Waals surface area contributed by atoms with Gasteiger partial charge in [-0.2, -0.15) is 0 Å². The zero-order valence-electron chi connectivity index (χ0n) is 7.24. The predicted octanol–water partition coefficient (Wildman–Crippen LogP) is 1.93. The Morgan fingerprint density at radius 1 is 1.64 bits per heavy atom. The molecular weight excluding hydrogens is 297 g/mol. The van der Waals surface area contributed by atoms with Crippen molar-refractivity contribution < 1.29 is 14.6 Å². The highest BCUT2D eigenvalue weighted by molar-refractivity contribution is 14.1. The van der Waals surface area contributed by atoms with Crippen LogP contribution in [0.1, 0.15) is 23.2 Å². The van der Waals surface area contributed by atoms with Crippen molar-refractivity contribution in [2.75, 3.05) is 0 Å². The number of aromatic nitrogens is 1. The minimum atomic E-state index is -0.996. The summed E-state index contributed by atoms with van der Waals surface area (Å²) in [6.07, 6.45) is 3.56. The van der Waals surface area contributed by atoms with Gasteiger partial charge in [0.25, 0.3) is 0 Å². The van der Waals surface area contributed by atoms with Crippen LogP contribution in [0.25, 0.3) is 0 Å². The van der Waals surface area contributed by atoms with Crippen LogP contribution in [0.5, 0.6) is 5.75 Å². The van der Waals surface area contributed by atoms with Crippen molar-refractivity contribution >= 4 is 28.6 Å². The first-order valence-corrected chi connectivity index (χ1v) is 5.30. The van der Waals surface area contributed by atoms with E-state index in [9.17, 15) is 4.79 Å². The largest absolute Gasteiger partial charge is 0.489 e. The summed E-state index contributed by atoms with van der Waals surface area (Å²) >= 11 is 2.03. The molecule has 0 aliphatic heterocycles. The molecule has 0 unspecified atom stereocenters. The van der Waals surface area contributed by atoms with Gasteiger partial charge in [0.2, 0.25) is 0 Å². The fourth-order valence-electron chi connectivity index (χ4n) is 1.04. The molecule has 1 saturated carbocycles. The van der Waals surface area contributed by atoms with Crippen molar-refractivity contribution in [1.82, 2.24) is 4.98 Å². The molecule has 1 heterocycles. The molecule has 0 spiro atoms. The summed E-state index contributed by atoms with van der Waals surface area (Å²) in [5.74, 6) is -0.566. The van der Waals surface area contributed by atoms with E-state index in [1.807, 2.05) is 22.6 Å². The van der Waals surface area contributed by atoms with Gasteiger partial charge in [-0.25, -0.2) is 9.78 Å². The number of carboxylic acid groups (broad SMARTS) is 1. The molecule has 0 bridgehead atoms. The Balaban J connectivity index is 2.31. The van der Waals surface area contributed by atoms with Crippen LogP contribution in [-0.4, -0.2) is 22.2 Å². The van der Waals surface area contributed by atoms with Crippen LogP contribution in [0.2, 0.25) is 0 Å². The van der Waals surface area contributed by atoms with E-state index in [1.165, 1.54) is 6.20 Å². The number of ether oxygens (including phenoxy) is 1. The lowest BCUT2D eigenvalue weighted by molar-refractivity contribution is 0.0691. The SMILES string of the molecule is O=C(O)c1cnc(I)cc1OC1CC1. The number of halogens is 1. The maximum absolute atomic E-state index is 10.8. The Morgan fingerprint density at radius 3 is 2.93 bits per heavy atom. The average molecular weight is 305 g/mol. The van der Waals surface area contributed by atoms with Crippen LogP contribution in [0, 0.1) is 3.70 Å². The van der Waals surface area contributed by atoms with E-state index in [4.69, 9.17) is 9.84 Å². The topological polar surface area (TPSA) is 59.4 Å². The smallest absolute Gasteiger partial charge is 0.341 e. The van der Waals surface area contributed by atoms with Crippen molar-refractivity contribution in [3.05, 3.63) is 21.5 Å². The molecular formula is C9H8INO3. The van der Waals surface area contributed by atoms with Crippen LogP contribution >= 0.6 is 22.6 Å². The van der Waals surface area contributed by atoms with Gasteiger partial charge in [0, 0.05) is 12.3 Å². The summed E-state index contributed by atoms with van der Waals surface area (Å²) in [5.41, 5.74) is 0.136. The van der Waals surface area contributed by atoms with Crippen molar-refractivity contribution in [1.29, 1.82) is 0 Å². The second-order valence-corrected chi connectivity index (χ2v) is 4.23. The Morgan fingerprint density at radius 2 is 2.36 bits per heavy atom. The van der Waals surface area contributed by atoms with E-state index in [1.54, 1.807) is 6.07 Å². The van der Waals surface area contributed by atoms with Crippen LogP contribution < -0.4 is 4.74 Å². The van der Waals surface area contributed by atoms with Gasteiger partial charge in [-0.05, 0) is 35.4 Å². The van der Waals surface area contributed by atoms with Gasteiger partial charge in [0.15, 0.2) is 0 Å². The molecule has 14 heavy (non-hydrogen) atoms. The van der Waals surface area contributed by atoms with Crippen LogP contribution in [0.4, 0.5) is 0 Å². The van der Waals surface area contributed by atoms with Gasteiger partial charge in [0.1, 0.15) is 15.0 Å². The van der Waals surface area contributed by atoms with E-state index >= 15 is 0 Å². The van der Waals surface area contributed by atoms with E-state index in [0.29, 0.717) is 5.75 Å². The Labute approximate surface area is 94.4 Å². The summed E-state index contributed by atoms with van der Waals surface area (Å²) in [6.45, 7) is 0.